The van der Waals surface area contributed by atoms with Gasteiger partial charge in [0, 0.05) is 135 Å². The van der Waals surface area contributed by atoms with Crippen LogP contribution in [-0.2, 0) is 43.1 Å². The molecule has 372 valence electrons. The molecule has 1 atom stereocenters. The van der Waals surface area contributed by atoms with Gasteiger partial charge in [-0.3, -0.25) is 63.2 Å². The number of rotatable bonds is 23. The van der Waals surface area contributed by atoms with Gasteiger partial charge in [-0.25, -0.2) is 0 Å². The van der Waals surface area contributed by atoms with Crippen molar-refractivity contribution in [3.05, 3.63) is 0 Å². The quantitative estimate of drug-likeness (QED) is 0.0420. The number of nitrogens with one attached hydrogen (secondary N) is 2. The molecule has 1 unspecified atom stereocenters. The highest BCUT2D eigenvalue weighted by atomic mass is 16.5. The van der Waals surface area contributed by atoms with Crippen LogP contribution in [0.5, 0.6) is 0 Å². The number of unbranched alkanes of at least 4 members (excludes halogenated alkanes) is 1. The largest absolute Gasteiger partial charge is 0.564 e. The molecule has 2 aliphatic rings. The third kappa shape index (κ3) is 26.9. The standard InChI is InChI=1S/C41H74N10O14/c1-32(2)33(43-35(53)25-45-10-14-46(26-36(54)55)16-18-50(30-40(62)63)19-17-47(15-11-45)27-37(56)57)6-4-5-7-42-34(52)24-44-8-12-48(28-38(58)59)20-22-51(31-41(64)65-3)23-21-49(13-9-44)29-39(60)61/h32-33H,4-31H2,1-3H3,(H,42,52)(H,43,53)(H,54,55)(H,56,57)(H,58,59)(H,60,61)(H,62,63)/p-1. The van der Waals surface area contributed by atoms with Crippen molar-refractivity contribution < 1.29 is 68.6 Å². The Kier molecular flexibility index (Phi) is 27.3. The predicted molar refractivity (Wildman–Crippen MR) is 231 cm³/mol. The molecule has 2 rings (SSSR count). The van der Waals surface area contributed by atoms with Crippen molar-refractivity contribution in [1.29, 1.82) is 0 Å². The van der Waals surface area contributed by atoms with Crippen molar-refractivity contribution >= 4 is 47.6 Å². The van der Waals surface area contributed by atoms with Crippen LogP contribution < -0.4 is 20.8 Å². The maximum Gasteiger partial charge on any atom is 0.530 e. The van der Waals surface area contributed by atoms with Crippen LogP contribution in [0.3, 0.4) is 0 Å². The zero-order chi connectivity index (χ0) is 48.3. The molecule has 0 aromatic carbocycles. The fourth-order valence-electron chi connectivity index (χ4n) is 7.62. The van der Waals surface area contributed by atoms with Crippen molar-refractivity contribution in [3.63, 3.8) is 0 Å². The summed E-state index contributed by atoms with van der Waals surface area (Å²) in [6.45, 7) is 7.75. The second-order valence-electron chi connectivity index (χ2n) is 17.0. The molecule has 24 nitrogen and oxygen atoms in total. The van der Waals surface area contributed by atoms with Gasteiger partial charge in [0.25, 0.3) is 0 Å². The number of hydrogen-bond donors (Lipinski definition) is 4. The van der Waals surface area contributed by atoms with E-state index in [1.807, 2.05) is 23.6 Å². The van der Waals surface area contributed by atoms with Crippen molar-refractivity contribution in [1.82, 2.24) is 49.8 Å². The SMILES string of the molecule is COC(=O)CN1CCN(CC(=O)[O-])CCN(CC(=O)NCCCCC(NC(=O)CN2CCN(CC(=O)[O-])CCN(CC(=O)O)CCN(CC(=O)[OH2+])CC2)C(C)C)CCN(CC(=O)O)CC1. The van der Waals surface area contributed by atoms with E-state index in [4.69, 9.17) is 9.84 Å². The summed E-state index contributed by atoms with van der Waals surface area (Å²) in [6.07, 6.45) is 1.93. The molecule has 0 aromatic rings. The Hall–Kier alpha value is -4.56. The Morgan fingerprint density at radius 3 is 1.20 bits per heavy atom. The molecule has 6 N–H and O–H groups in total. The Bertz CT molecular complexity index is 1460. The van der Waals surface area contributed by atoms with Gasteiger partial charge in [-0.1, -0.05) is 13.8 Å². The second kappa shape index (κ2) is 31.4. The summed E-state index contributed by atoms with van der Waals surface area (Å²) < 4.78 is 4.80. The molecule has 0 bridgehead atoms. The van der Waals surface area contributed by atoms with Crippen molar-refractivity contribution in [2.75, 3.05) is 171 Å². The van der Waals surface area contributed by atoms with Crippen molar-refractivity contribution in [3.8, 4) is 0 Å². The molecule has 24 heteroatoms. The van der Waals surface area contributed by atoms with Crippen LogP contribution in [0.25, 0.3) is 0 Å². The Balaban J connectivity index is 1.98. The molecule has 0 aliphatic carbocycles. The summed E-state index contributed by atoms with van der Waals surface area (Å²) in [7, 11) is 1.27. The lowest BCUT2D eigenvalue weighted by atomic mass is 9.98. The number of methoxy groups -OCH3 is 1. The van der Waals surface area contributed by atoms with Crippen LogP contribution in [-0.4, -0.2) is 279 Å². The number of carbonyl (C=O) groups is 8. The first-order valence-electron chi connectivity index (χ1n) is 22.3. The van der Waals surface area contributed by atoms with E-state index in [0.29, 0.717) is 97.8 Å². The molecule has 0 radical (unpaired) electrons. The lowest BCUT2D eigenvalue weighted by Crippen LogP contribution is -2.51. The Labute approximate surface area is 381 Å². The van der Waals surface area contributed by atoms with Crippen LogP contribution in [0.4, 0.5) is 0 Å². The first-order valence-corrected chi connectivity index (χ1v) is 22.3. The van der Waals surface area contributed by atoms with Gasteiger partial charge < -0.3 is 50.5 Å². The molecule has 0 spiro atoms. The van der Waals surface area contributed by atoms with Crippen molar-refractivity contribution in [2.24, 2.45) is 5.92 Å². The summed E-state index contributed by atoms with van der Waals surface area (Å²) in [5.74, 6) is -6.27. The van der Waals surface area contributed by atoms with Gasteiger partial charge in [0.15, 0.2) is 6.54 Å². The van der Waals surface area contributed by atoms with E-state index in [9.17, 15) is 58.8 Å². The number of carboxylic acid groups (broad SMARTS) is 4. The van der Waals surface area contributed by atoms with Gasteiger partial charge in [-0.2, -0.15) is 0 Å². The molecular formula is C41H73N10O14-. The molecule has 0 saturated carbocycles. The average molecular weight is 930 g/mol. The fourth-order valence-corrected chi connectivity index (χ4v) is 7.62. The number of nitrogens with zero attached hydrogens (tertiary/aromatic N) is 8. The summed E-state index contributed by atoms with van der Waals surface area (Å²) in [6, 6.07) is -0.189. The Morgan fingerprint density at radius 2 is 0.862 bits per heavy atom. The number of esters is 1. The van der Waals surface area contributed by atoms with Crippen LogP contribution >= 0.6 is 0 Å². The first kappa shape index (κ1) is 56.6. The van der Waals surface area contributed by atoms with Gasteiger partial charge in [-0.15, -0.1) is 0 Å². The van der Waals surface area contributed by atoms with E-state index < -0.39 is 35.8 Å². The maximum absolute atomic E-state index is 13.5. The number of hydrogen-bond acceptors (Lipinski definition) is 19. The van der Waals surface area contributed by atoms with Gasteiger partial charge >= 0.3 is 23.9 Å². The van der Waals surface area contributed by atoms with Gasteiger partial charge in [0.1, 0.15) is 0 Å². The lowest BCUT2D eigenvalue weighted by molar-refractivity contribution is -0.307. The number of carbonyl (C=O) groups excluding carboxylic acids is 6. The monoisotopic (exact) mass is 930 g/mol. The summed E-state index contributed by atoms with van der Waals surface area (Å²) in [4.78, 5) is 111. The zero-order valence-corrected chi connectivity index (χ0v) is 38.4. The molecule has 2 aliphatic heterocycles. The zero-order valence-electron chi connectivity index (χ0n) is 38.4. The minimum Gasteiger partial charge on any atom is -0.564 e. The molecule has 65 heavy (non-hydrogen) atoms. The van der Waals surface area contributed by atoms with E-state index in [2.05, 4.69) is 10.6 Å². The molecule has 2 saturated heterocycles. The third-order valence-corrected chi connectivity index (χ3v) is 11.4. The minimum atomic E-state index is -1.28. The highest BCUT2D eigenvalue weighted by Gasteiger charge is 2.25. The van der Waals surface area contributed by atoms with Gasteiger partial charge in [0.2, 0.25) is 11.8 Å². The highest BCUT2D eigenvalue weighted by molar-refractivity contribution is 5.78. The van der Waals surface area contributed by atoms with E-state index in [1.54, 1.807) is 29.4 Å². The van der Waals surface area contributed by atoms with Crippen LogP contribution in [0.1, 0.15) is 33.1 Å². The van der Waals surface area contributed by atoms with Crippen LogP contribution in [0.2, 0.25) is 0 Å². The normalized spacial score (nSPS) is 19.1. The number of ether oxygens (including phenoxy) is 1. The van der Waals surface area contributed by atoms with Crippen molar-refractivity contribution in [2.45, 2.75) is 39.2 Å². The molecule has 2 fully saturated rings. The van der Waals surface area contributed by atoms with Crippen LogP contribution in [0, 0.1) is 5.92 Å². The first-order chi connectivity index (χ1) is 30.8. The summed E-state index contributed by atoms with van der Waals surface area (Å²) in [5.41, 5.74) is 0. The maximum atomic E-state index is 13.5. The van der Waals surface area contributed by atoms with Gasteiger partial charge in [0.05, 0.1) is 51.8 Å². The second-order valence-corrected chi connectivity index (χ2v) is 17.0. The highest BCUT2D eigenvalue weighted by Crippen LogP contribution is 2.11. The topological polar surface area (TPSA) is 305 Å². The Morgan fingerprint density at radius 1 is 0.523 bits per heavy atom. The molecule has 0 aromatic heterocycles. The van der Waals surface area contributed by atoms with Crippen LogP contribution in [0.15, 0.2) is 0 Å². The minimum absolute atomic E-state index is 0.00101. The fraction of sp³-hybridized carbons (Fsp3) is 0.805. The van der Waals surface area contributed by atoms with E-state index in [0.717, 1.165) is 0 Å². The summed E-state index contributed by atoms with van der Waals surface area (Å²) >= 11 is 0. The van der Waals surface area contributed by atoms with Gasteiger partial charge in [-0.05, 0) is 25.2 Å². The molecule has 2 heterocycles. The van der Waals surface area contributed by atoms with E-state index in [1.165, 1.54) is 7.11 Å². The summed E-state index contributed by atoms with van der Waals surface area (Å²) in [5, 5.41) is 55.6. The number of carboxylic acids is 4. The molecular weight excluding hydrogens is 857 g/mol. The van der Waals surface area contributed by atoms with E-state index >= 15 is 0 Å². The third-order valence-electron chi connectivity index (χ3n) is 11.4. The molecule has 2 amide bonds. The smallest absolute Gasteiger partial charge is 0.530 e. The predicted octanol–water partition coefficient (Wildman–Crippen LogP) is -7.05. The number of aliphatic carboxylic acids is 4. The number of amides is 2. The lowest BCUT2D eigenvalue weighted by Gasteiger charge is -2.33. The average Bonchev–Trinajstić information content (AvgIpc) is 3.20. The van der Waals surface area contributed by atoms with E-state index in [-0.39, 0.29) is 109 Å².